The van der Waals surface area contributed by atoms with Crippen molar-refractivity contribution >= 4 is 93.3 Å². The number of rotatable bonds is 0. The van der Waals surface area contributed by atoms with Gasteiger partial charge >= 0.3 is 93.3 Å². The molecule has 0 aromatic heterocycles. The van der Waals surface area contributed by atoms with Crippen LogP contribution >= 0.6 is 0 Å². The van der Waals surface area contributed by atoms with Crippen molar-refractivity contribution in [2.45, 2.75) is 0 Å². The molecule has 0 bridgehead atoms. The maximum atomic E-state index is 1.99. The summed E-state index contributed by atoms with van der Waals surface area (Å²) in [6, 6.07) is 0. The monoisotopic (exact) mass is 127 g/mol. The van der Waals surface area contributed by atoms with Crippen molar-refractivity contribution in [3.63, 3.8) is 0 Å². The van der Waals surface area contributed by atoms with E-state index in [1.807, 2.05) is 14.3 Å². The van der Waals surface area contributed by atoms with E-state index in [1.165, 1.54) is 79.0 Å². The first-order chi connectivity index (χ1) is 2.00. The molecule has 4 heavy (non-hydrogen) atoms. The third kappa shape index (κ3) is 9.56. The van der Waals surface area contributed by atoms with Crippen LogP contribution in [0.4, 0.5) is 0 Å². The fourth-order valence-corrected chi connectivity index (χ4v) is 0. The van der Waals surface area contributed by atoms with Crippen LogP contribution in [0.5, 0.6) is 0 Å². The Hall–Kier alpha value is 4.29. The maximum absolute atomic E-state index is 1.99. The molecule has 0 amide bonds. The average molecular weight is 127 g/mol. The average Bonchev–Trinajstić information content (AvgIpc) is 1.50. The summed E-state index contributed by atoms with van der Waals surface area (Å²) in [5, 5.41) is 0. The second kappa shape index (κ2) is 15.7. The third-order valence-electron chi connectivity index (χ3n) is 0. The molecule has 0 aromatic carbocycles. The predicted octanol–water partition coefficient (Wildman–Crippen LogP) is -1.52. The van der Waals surface area contributed by atoms with Gasteiger partial charge < -0.3 is 0 Å². The Kier molecular flexibility index (Phi) is 43.6. The molecule has 0 aliphatic heterocycles. The van der Waals surface area contributed by atoms with Crippen LogP contribution in [0.25, 0.3) is 0 Å². The fourth-order valence-electron chi connectivity index (χ4n) is 0. The summed E-state index contributed by atoms with van der Waals surface area (Å²) in [6.45, 7) is 0. The molecular weight excluding hydrogens is 127 g/mol. The molecule has 3 radical (unpaired) electrons. The second-order valence-corrected chi connectivity index (χ2v) is 0. The summed E-state index contributed by atoms with van der Waals surface area (Å²) < 4.78 is 0. The van der Waals surface area contributed by atoms with E-state index in [4.69, 9.17) is 0 Å². The summed E-state index contributed by atoms with van der Waals surface area (Å²) in [5.41, 5.74) is 0. The van der Waals surface area contributed by atoms with Gasteiger partial charge in [-0.2, -0.15) is 0 Å². The SMILES string of the molecule is [Mg][Ca].[Na][Ca]. The van der Waals surface area contributed by atoms with E-state index in [-0.39, 0.29) is 0 Å². The van der Waals surface area contributed by atoms with Crippen LogP contribution in [0.1, 0.15) is 0 Å². The summed E-state index contributed by atoms with van der Waals surface area (Å²) >= 11 is 6.33. The van der Waals surface area contributed by atoms with E-state index >= 15 is 0 Å². The summed E-state index contributed by atoms with van der Waals surface area (Å²) in [4.78, 5) is 0. The van der Waals surface area contributed by atoms with E-state index in [2.05, 4.69) is 0 Å². The zero-order valence-corrected chi connectivity index (χ0v) is 11.0. The standard InChI is InChI=1S/2Ca.Mg.Na. The molecule has 0 N–H and O–H groups in total. The van der Waals surface area contributed by atoms with Gasteiger partial charge in [-0.15, -0.1) is 0 Å². The van der Waals surface area contributed by atoms with Crippen LogP contribution in [0.3, 0.4) is 0 Å². The van der Waals surface area contributed by atoms with Gasteiger partial charge in [-0.1, -0.05) is 0 Å². The Morgan fingerprint density at radius 2 is 1.25 bits per heavy atom. The molecule has 0 aromatic rings. The van der Waals surface area contributed by atoms with E-state index in [0.29, 0.717) is 0 Å². The molecule has 0 rings (SSSR count). The molecule has 0 spiro atoms. The summed E-state index contributed by atoms with van der Waals surface area (Å²) in [5.74, 6) is 0. The molecule has 0 heterocycles. The Labute approximate surface area is 89.5 Å². The van der Waals surface area contributed by atoms with Crippen molar-refractivity contribution in [1.82, 2.24) is 0 Å². The van der Waals surface area contributed by atoms with Gasteiger partial charge in [0.25, 0.3) is 0 Å². The Bertz CT molecular complexity index is 6.00. The van der Waals surface area contributed by atoms with Crippen LogP contribution in [0.2, 0.25) is 0 Å². The third-order valence-corrected chi connectivity index (χ3v) is 0. The topological polar surface area (TPSA) is 0 Å². The second-order valence-electron chi connectivity index (χ2n) is 0. The Balaban J connectivity index is 0. The van der Waals surface area contributed by atoms with Gasteiger partial charge in [0.1, 0.15) is 0 Å². The van der Waals surface area contributed by atoms with Crippen molar-refractivity contribution in [2.75, 3.05) is 0 Å². The van der Waals surface area contributed by atoms with Crippen molar-refractivity contribution in [1.29, 1.82) is 0 Å². The molecule has 0 aliphatic carbocycles. The predicted molar refractivity (Wildman–Crippen MR) is 23.0 cm³/mol. The summed E-state index contributed by atoms with van der Waals surface area (Å²) in [7, 11) is 0. The van der Waals surface area contributed by atoms with E-state index in [0.717, 1.165) is 0 Å². The molecule has 0 fully saturated rings. The van der Waals surface area contributed by atoms with Crippen molar-refractivity contribution in [2.24, 2.45) is 0 Å². The Morgan fingerprint density at radius 3 is 1.25 bits per heavy atom. The van der Waals surface area contributed by atoms with Crippen LogP contribution in [0, 0.1) is 0 Å². The minimum atomic E-state index is 1.40. The first kappa shape index (κ1) is 11.1. The van der Waals surface area contributed by atoms with Gasteiger partial charge in [0.15, 0.2) is 0 Å². The van der Waals surface area contributed by atoms with Crippen LogP contribution in [0.15, 0.2) is 0 Å². The zero-order chi connectivity index (χ0) is 4.00. The van der Waals surface area contributed by atoms with Crippen molar-refractivity contribution < 1.29 is 0 Å². The van der Waals surface area contributed by atoms with Crippen LogP contribution in [-0.2, 0) is 0 Å². The number of hydrogen-bond donors (Lipinski definition) is 0. The van der Waals surface area contributed by atoms with Crippen molar-refractivity contribution in [3.8, 4) is 0 Å². The molecule has 0 saturated heterocycles. The van der Waals surface area contributed by atoms with Gasteiger partial charge in [0.05, 0.1) is 0 Å². The molecule has 0 nitrogen and oxygen atoms in total. The van der Waals surface area contributed by atoms with Gasteiger partial charge in [0.2, 0.25) is 0 Å². The van der Waals surface area contributed by atoms with Crippen LogP contribution < -0.4 is 0 Å². The minimum absolute atomic E-state index is 1.40. The first-order valence-corrected chi connectivity index (χ1v) is 14.9. The zero-order valence-electron chi connectivity index (χ0n) is 3.12. The molecule has 7 valence electrons. The normalized spacial score (nSPS) is 1.75. The molecule has 0 saturated carbocycles. The van der Waals surface area contributed by atoms with Gasteiger partial charge in [0, 0.05) is 0 Å². The molecular formula is Ca2MgNa. The quantitative estimate of drug-likeness (QED) is 0.347. The van der Waals surface area contributed by atoms with Gasteiger partial charge in [-0.05, 0) is 0 Å². The van der Waals surface area contributed by atoms with E-state index < -0.39 is 0 Å². The molecule has 0 aliphatic rings. The van der Waals surface area contributed by atoms with Gasteiger partial charge in [-0.3, -0.25) is 0 Å². The molecule has 4 heteroatoms. The van der Waals surface area contributed by atoms with Crippen LogP contribution in [-0.4, -0.2) is 93.3 Å². The van der Waals surface area contributed by atoms with E-state index in [1.54, 1.807) is 0 Å². The van der Waals surface area contributed by atoms with E-state index in [9.17, 15) is 0 Å². The summed E-state index contributed by atoms with van der Waals surface area (Å²) in [6.07, 6.45) is 0. The Morgan fingerprint density at radius 1 is 1.25 bits per heavy atom. The fraction of sp³-hybridized carbons (Fsp3) is 0. The van der Waals surface area contributed by atoms with Gasteiger partial charge in [-0.25, -0.2) is 0 Å². The molecule has 0 unspecified atom stereocenters. The number of hydrogen-bond acceptors (Lipinski definition) is 0. The van der Waals surface area contributed by atoms with Crippen molar-refractivity contribution in [3.05, 3.63) is 0 Å². The first-order valence-electron chi connectivity index (χ1n) is 1.21. The molecule has 0 atom stereocenters.